The second kappa shape index (κ2) is 7.37. The molecular weight excluding hydrogens is 176 g/mol. The zero-order chi connectivity index (χ0) is 11.0. The second-order valence-electron chi connectivity index (χ2n) is 3.52. The van der Waals surface area contributed by atoms with Crippen LogP contribution in [0.3, 0.4) is 0 Å². The van der Waals surface area contributed by atoms with Gasteiger partial charge in [-0.05, 0) is 12.3 Å². The van der Waals surface area contributed by atoms with Gasteiger partial charge in [0.2, 0.25) is 5.91 Å². The van der Waals surface area contributed by atoms with E-state index in [0.29, 0.717) is 18.9 Å². The van der Waals surface area contributed by atoms with Crippen molar-refractivity contribution in [1.82, 2.24) is 5.32 Å². The highest BCUT2D eigenvalue weighted by molar-refractivity contribution is 5.80. The van der Waals surface area contributed by atoms with Crippen LogP contribution < -0.4 is 5.32 Å². The molecule has 0 rings (SSSR count). The van der Waals surface area contributed by atoms with E-state index in [4.69, 9.17) is 5.26 Å². The molecule has 80 valence electrons. The molecule has 0 bridgehead atoms. The molecule has 0 aliphatic rings. The molecule has 1 atom stereocenters. The monoisotopic (exact) mass is 196 g/mol. The molecule has 0 aliphatic heterocycles. The molecule has 0 aromatic heterocycles. The molecule has 1 unspecified atom stereocenters. The van der Waals surface area contributed by atoms with Gasteiger partial charge >= 0.3 is 0 Å². The fourth-order valence-electron chi connectivity index (χ4n) is 1.28. The third-order valence-corrected chi connectivity index (χ3v) is 2.60. The molecule has 0 heterocycles. The summed E-state index contributed by atoms with van der Waals surface area (Å²) in [6.07, 6.45) is 2.73. The minimum atomic E-state index is -0.482. The maximum atomic E-state index is 11.4. The Morgan fingerprint density at radius 2 is 1.86 bits per heavy atom. The van der Waals surface area contributed by atoms with Crippen LogP contribution in [0.15, 0.2) is 0 Å². The first-order valence-corrected chi connectivity index (χ1v) is 5.36. The minimum Gasteiger partial charge on any atom is -0.355 e. The van der Waals surface area contributed by atoms with Crippen LogP contribution in [0.5, 0.6) is 0 Å². The van der Waals surface area contributed by atoms with E-state index in [0.717, 1.165) is 12.8 Å². The van der Waals surface area contributed by atoms with E-state index < -0.39 is 5.92 Å². The standard InChI is InChI=1S/C11H20N2O/c1-4-9(5-2)8-13-11(14)10(6-3)7-12/h9-10H,4-6,8H2,1-3H3,(H,13,14). The number of nitrogens with one attached hydrogen (secondary N) is 1. The van der Waals surface area contributed by atoms with Gasteiger partial charge in [0.05, 0.1) is 6.07 Å². The molecule has 0 radical (unpaired) electrons. The molecular formula is C11H20N2O. The molecule has 0 saturated carbocycles. The number of amides is 1. The van der Waals surface area contributed by atoms with Crippen molar-refractivity contribution in [3.63, 3.8) is 0 Å². The maximum absolute atomic E-state index is 11.4. The fraction of sp³-hybridized carbons (Fsp3) is 0.818. The van der Waals surface area contributed by atoms with Gasteiger partial charge in [0.15, 0.2) is 0 Å². The Morgan fingerprint density at radius 3 is 2.21 bits per heavy atom. The Hall–Kier alpha value is -1.04. The van der Waals surface area contributed by atoms with E-state index in [1.165, 1.54) is 0 Å². The Bertz CT molecular complexity index is 204. The van der Waals surface area contributed by atoms with Crippen molar-refractivity contribution in [3.05, 3.63) is 0 Å². The fourth-order valence-corrected chi connectivity index (χ4v) is 1.28. The largest absolute Gasteiger partial charge is 0.355 e. The highest BCUT2D eigenvalue weighted by atomic mass is 16.1. The topological polar surface area (TPSA) is 52.9 Å². The number of carbonyl (C=O) groups excluding carboxylic acids is 1. The van der Waals surface area contributed by atoms with E-state index in [9.17, 15) is 4.79 Å². The van der Waals surface area contributed by atoms with Gasteiger partial charge < -0.3 is 5.32 Å². The van der Waals surface area contributed by atoms with Gasteiger partial charge in [0.1, 0.15) is 5.92 Å². The summed E-state index contributed by atoms with van der Waals surface area (Å²) < 4.78 is 0. The van der Waals surface area contributed by atoms with Crippen LogP contribution in [-0.2, 0) is 4.79 Å². The van der Waals surface area contributed by atoms with Crippen LogP contribution in [0, 0.1) is 23.2 Å². The van der Waals surface area contributed by atoms with Gasteiger partial charge in [-0.1, -0.05) is 33.6 Å². The van der Waals surface area contributed by atoms with Gasteiger partial charge in [-0.3, -0.25) is 4.79 Å². The van der Waals surface area contributed by atoms with Crippen LogP contribution in [0.4, 0.5) is 0 Å². The van der Waals surface area contributed by atoms with Crippen molar-refractivity contribution in [2.24, 2.45) is 11.8 Å². The van der Waals surface area contributed by atoms with Gasteiger partial charge in [-0.25, -0.2) is 0 Å². The van der Waals surface area contributed by atoms with Crippen LogP contribution in [0.2, 0.25) is 0 Å². The summed E-state index contributed by atoms with van der Waals surface area (Å²) in [5.74, 6) is -0.0681. The number of nitriles is 1. The number of hydrogen-bond acceptors (Lipinski definition) is 2. The highest BCUT2D eigenvalue weighted by Gasteiger charge is 2.15. The maximum Gasteiger partial charge on any atom is 0.237 e. The van der Waals surface area contributed by atoms with Crippen LogP contribution in [0.25, 0.3) is 0 Å². The van der Waals surface area contributed by atoms with Crippen molar-refractivity contribution in [3.8, 4) is 6.07 Å². The molecule has 1 N–H and O–H groups in total. The molecule has 14 heavy (non-hydrogen) atoms. The Labute approximate surface area is 86.5 Å². The molecule has 0 aliphatic carbocycles. The molecule has 3 heteroatoms. The van der Waals surface area contributed by atoms with Crippen LogP contribution in [-0.4, -0.2) is 12.5 Å². The number of nitrogens with zero attached hydrogens (tertiary/aromatic N) is 1. The summed E-state index contributed by atoms with van der Waals surface area (Å²) in [5.41, 5.74) is 0. The molecule has 0 spiro atoms. The Balaban J connectivity index is 3.89. The average molecular weight is 196 g/mol. The first-order chi connectivity index (χ1) is 6.69. The predicted molar refractivity (Wildman–Crippen MR) is 56.5 cm³/mol. The first kappa shape index (κ1) is 13.0. The van der Waals surface area contributed by atoms with Crippen LogP contribution >= 0.6 is 0 Å². The zero-order valence-electron chi connectivity index (χ0n) is 9.34. The first-order valence-electron chi connectivity index (χ1n) is 5.36. The summed E-state index contributed by atoms with van der Waals surface area (Å²) in [5, 5.41) is 11.5. The third kappa shape index (κ3) is 4.27. The number of hydrogen-bond donors (Lipinski definition) is 1. The van der Waals surface area contributed by atoms with Gasteiger partial charge in [0, 0.05) is 6.54 Å². The molecule has 0 aromatic rings. The molecule has 0 aromatic carbocycles. The van der Waals surface area contributed by atoms with Crippen molar-refractivity contribution in [2.45, 2.75) is 40.0 Å². The van der Waals surface area contributed by atoms with Gasteiger partial charge in [0.25, 0.3) is 0 Å². The molecule has 3 nitrogen and oxygen atoms in total. The van der Waals surface area contributed by atoms with Gasteiger partial charge in [-0.2, -0.15) is 5.26 Å². The van der Waals surface area contributed by atoms with Crippen LogP contribution in [0.1, 0.15) is 40.0 Å². The summed E-state index contributed by atoms with van der Waals surface area (Å²) in [6, 6.07) is 2.00. The van der Waals surface area contributed by atoms with E-state index in [2.05, 4.69) is 19.2 Å². The Kier molecular flexibility index (Phi) is 6.82. The molecule has 1 amide bonds. The quantitative estimate of drug-likeness (QED) is 0.707. The lowest BCUT2D eigenvalue weighted by atomic mass is 10.0. The van der Waals surface area contributed by atoms with E-state index in [1.54, 1.807) is 0 Å². The summed E-state index contributed by atoms with van der Waals surface area (Å²) >= 11 is 0. The predicted octanol–water partition coefficient (Wildman–Crippen LogP) is 2.09. The normalized spacial score (nSPS) is 12.2. The lowest BCUT2D eigenvalue weighted by Gasteiger charge is -2.14. The van der Waals surface area contributed by atoms with E-state index >= 15 is 0 Å². The van der Waals surface area contributed by atoms with Gasteiger partial charge in [-0.15, -0.1) is 0 Å². The number of rotatable bonds is 6. The Morgan fingerprint density at radius 1 is 1.29 bits per heavy atom. The summed E-state index contributed by atoms with van der Waals surface area (Å²) in [4.78, 5) is 11.4. The number of carbonyl (C=O) groups is 1. The lowest BCUT2D eigenvalue weighted by molar-refractivity contribution is -0.123. The average Bonchev–Trinajstić information content (AvgIpc) is 2.21. The van der Waals surface area contributed by atoms with Crippen molar-refractivity contribution in [1.29, 1.82) is 5.26 Å². The third-order valence-electron chi connectivity index (χ3n) is 2.60. The molecule has 0 saturated heterocycles. The van der Waals surface area contributed by atoms with E-state index in [1.807, 2.05) is 13.0 Å². The van der Waals surface area contributed by atoms with Crippen molar-refractivity contribution in [2.75, 3.05) is 6.54 Å². The second-order valence-corrected chi connectivity index (χ2v) is 3.52. The highest BCUT2D eigenvalue weighted by Crippen LogP contribution is 2.06. The van der Waals surface area contributed by atoms with Crippen molar-refractivity contribution < 1.29 is 4.79 Å². The summed E-state index contributed by atoms with van der Waals surface area (Å²) in [6.45, 7) is 6.78. The smallest absolute Gasteiger partial charge is 0.237 e. The van der Waals surface area contributed by atoms with E-state index in [-0.39, 0.29) is 5.91 Å². The lowest BCUT2D eigenvalue weighted by Crippen LogP contribution is -2.33. The summed E-state index contributed by atoms with van der Waals surface area (Å²) in [7, 11) is 0. The minimum absolute atomic E-state index is 0.123. The SMILES string of the molecule is CCC(CC)CNC(=O)C(C#N)CC. The molecule has 0 fully saturated rings. The van der Waals surface area contributed by atoms with Crippen molar-refractivity contribution >= 4 is 5.91 Å². The zero-order valence-corrected chi connectivity index (χ0v) is 9.34.